The Morgan fingerprint density at radius 1 is 1.67 bits per heavy atom. The molecular weight excluding hydrogens is 154 g/mol. The monoisotopic (exact) mass is 167 g/mol. The summed E-state index contributed by atoms with van der Waals surface area (Å²) in [4.78, 5) is 4.02. The van der Waals surface area contributed by atoms with Gasteiger partial charge in [-0.25, -0.2) is 4.98 Å². The minimum Gasteiger partial charge on any atom is -0.385 e. The Morgan fingerprint density at radius 3 is 2.83 bits per heavy atom. The van der Waals surface area contributed by atoms with Crippen molar-refractivity contribution in [3.05, 3.63) is 12.2 Å². The fourth-order valence-corrected chi connectivity index (χ4v) is 1.54. The molecule has 1 aromatic heterocycles. The van der Waals surface area contributed by atoms with Crippen LogP contribution < -0.4 is 0 Å². The van der Waals surface area contributed by atoms with Crippen molar-refractivity contribution >= 4 is 0 Å². The molecule has 66 valence electrons. The average Bonchev–Trinajstić information content (AvgIpc) is 2.31. The van der Waals surface area contributed by atoms with Crippen molar-refractivity contribution in [1.82, 2.24) is 14.8 Å². The molecule has 2 rings (SSSR count). The van der Waals surface area contributed by atoms with E-state index in [0.717, 1.165) is 12.8 Å². The van der Waals surface area contributed by atoms with E-state index in [4.69, 9.17) is 0 Å². The molecule has 0 radical (unpaired) electrons. The largest absolute Gasteiger partial charge is 0.385 e. The third-order valence-corrected chi connectivity index (χ3v) is 2.61. The second-order valence-electron chi connectivity index (χ2n) is 3.38. The van der Waals surface area contributed by atoms with E-state index in [1.165, 1.54) is 12.7 Å². The van der Waals surface area contributed by atoms with Crippen LogP contribution in [0.15, 0.2) is 6.33 Å². The maximum Gasteiger partial charge on any atom is 0.155 e. The van der Waals surface area contributed by atoms with Gasteiger partial charge in [0.2, 0.25) is 0 Å². The van der Waals surface area contributed by atoms with Gasteiger partial charge in [0.05, 0.1) is 0 Å². The topological polar surface area (TPSA) is 50.9 Å². The lowest BCUT2D eigenvalue weighted by Gasteiger charge is -2.29. The Hall–Kier alpha value is -0.900. The molecule has 0 saturated heterocycles. The van der Waals surface area contributed by atoms with E-state index in [0.29, 0.717) is 11.7 Å². The lowest BCUT2D eigenvalue weighted by Crippen LogP contribution is -2.22. The Bertz CT molecular complexity index is 267. The second-order valence-corrected chi connectivity index (χ2v) is 3.38. The molecule has 1 heterocycles. The van der Waals surface area contributed by atoms with Crippen LogP contribution in [-0.4, -0.2) is 19.9 Å². The molecule has 4 heteroatoms. The van der Waals surface area contributed by atoms with Gasteiger partial charge < -0.3 is 5.11 Å². The minimum atomic E-state index is -0.411. The predicted molar refractivity (Wildman–Crippen MR) is 43.3 cm³/mol. The zero-order chi connectivity index (χ0) is 8.55. The highest BCUT2D eigenvalue weighted by Crippen LogP contribution is 2.36. The van der Waals surface area contributed by atoms with Crippen LogP contribution in [0, 0.1) is 5.92 Å². The lowest BCUT2D eigenvalue weighted by molar-refractivity contribution is 0.0521. The summed E-state index contributed by atoms with van der Waals surface area (Å²) < 4.78 is 1.64. The molecule has 0 bridgehead atoms. The van der Waals surface area contributed by atoms with Crippen LogP contribution >= 0.6 is 0 Å². The van der Waals surface area contributed by atoms with E-state index in [9.17, 15) is 5.11 Å². The molecule has 12 heavy (non-hydrogen) atoms. The fourth-order valence-electron chi connectivity index (χ4n) is 1.54. The molecule has 1 aliphatic carbocycles. The predicted octanol–water partition coefficient (Wildman–Crippen LogP) is 0.649. The molecule has 1 aromatic rings. The van der Waals surface area contributed by atoms with Crippen LogP contribution in [0.5, 0.6) is 0 Å². The Balaban J connectivity index is 2.13. The van der Waals surface area contributed by atoms with Crippen molar-refractivity contribution in [2.24, 2.45) is 13.0 Å². The summed E-state index contributed by atoms with van der Waals surface area (Å²) in [6.45, 7) is 0. The number of rotatable bonds is 2. The molecule has 0 aliphatic heterocycles. The third kappa shape index (κ3) is 1.12. The average molecular weight is 167 g/mol. The van der Waals surface area contributed by atoms with Gasteiger partial charge in [0.1, 0.15) is 12.4 Å². The zero-order valence-corrected chi connectivity index (χ0v) is 7.14. The van der Waals surface area contributed by atoms with Gasteiger partial charge in [0.15, 0.2) is 5.82 Å². The van der Waals surface area contributed by atoms with E-state index in [-0.39, 0.29) is 0 Å². The van der Waals surface area contributed by atoms with Gasteiger partial charge in [-0.2, -0.15) is 5.10 Å². The van der Waals surface area contributed by atoms with Gasteiger partial charge in [-0.05, 0) is 18.8 Å². The van der Waals surface area contributed by atoms with Crippen molar-refractivity contribution < 1.29 is 5.11 Å². The summed E-state index contributed by atoms with van der Waals surface area (Å²) in [5.41, 5.74) is 0. The first-order valence-electron chi connectivity index (χ1n) is 4.31. The highest BCUT2D eigenvalue weighted by molar-refractivity contribution is 4.94. The second kappa shape index (κ2) is 2.86. The molecular formula is C8H13N3O. The van der Waals surface area contributed by atoms with Crippen LogP contribution in [-0.2, 0) is 7.05 Å². The van der Waals surface area contributed by atoms with Crippen molar-refractivity contribution in [3.63, 3.8) is 0 Å². The molecule has 4 nitrogen and oxygen atoms in total. The van der Waals surface area contributed by atoms with Gasteiger partial charge in [0, 0.05) is 7.05 Å². The first-order valence-corrected chi connectivity index (χ1v) is 4.31. The number of hydrogen-bond acceptors (Lipinski definition) is 3. The number of aromatic nitrogens is 3. The van der Waals surface area contributed by atoms with Gasteiger partial charge in [-0.15, -0.1) is 0 Å². The molecule has 1 saturated carbocycles. The summed E-state index contributed by atoms with van der Waals surface area (Å²) in [7, 11) is 1.81. The van der Waals surface area contributed by atoms with E-state index in [1.807, 2.05) is 7.05 Å². The zero-order valence-electron chi connectivity index (χ0n) is 7.14. The number of nitrogens with zero attached hydrogens (tertiary/aromatic N) is 3. The molecule has 1 atom stereocenters. The van der Waals surface area contributed by atoms with Gasteiger partial charge in [0.25, 0.3) is 0 Å². The fraction of sp³-hybridized carbons (Fsp3) is 0.750. The summed E-state index contributed by atoms with van der Waals surface area (Å²) >= 11 is 0. The number of hydrogen-bond donors (Lipinski definition) is 1. The maximum absolute atomic E-state index is 9.79. The SMILES string of the molecule is Cn1ncnc1C(O)C1CCC1. The number of aryl methyl sites for hydroxylation is 1. The smallest absolute Gasteiger partial charge is 0.155 e. The molecule has 0 amide bonds. The molecule has 1 N–H and O–H groups in total. The summed E-state index contributed by atoms with van der Waals surface area (Å²) in [6, 6.07) is 0. The van der Waals surface area contributed by atoms with Crippen molar-refractivity contribution in [2.45, 2.75) is 25.4 Å². The van der Waals surface area contributed by atoms with E-state index < -0.39 is 6.10 Å². The van der Waals surface area contributed by atoms with Crippen molar-refractivity contribution in [1.29, 1.82) is 0 Å². The highest BCUT2D eigenvalue weighted by Gasteiger charge is 2.29. The third-order valence-electron chi connectivity index (χ3n) is 2.61. The minimum absolute atomic E-state index is 0.410. The molecule has 0 spiro atoms. The van der Waals surface area contributed by atoms with Crippen LogP contribution in [0.2, 0.25) is 0 Å². The molecule has 1 aliphatic rings. The molecule has 1 unspecified atom stereocenters. The van der Waals surface area contributed by atoms with Crippen LogP contribution in [0.4, 0.5) is 0 Å². The molecule has 0 aromatic carbocycles. The lowest BCUT2D eigenvalue weighted by atomic mass is 9.81. The number of aliphatic hydroxyl groups is 1. The quantitative estimate of drug-likeness (QED) is 0.703. The van der Waals surface area contributed by atoms with Crippen LogP contribution in [0.25, 0.3) is 0 Å². The van der Waals surface area contributed by atoms with Crippen LogP contribution in [0.1, 0.15) is 31.2 Å². The Morgan fingerprint density at radius 2 is 2.42 bits per heavy atom. The van der Waals surface area contributed by atoms with Crippen molar-refractivity contribution in [3.8, 4) is 0 Å². The van der Waals surface area contributed by atoms with Crippen LogP contribution in [0.3, 0.4) is 0 Å². The summed E-state index contributed by atoms with van der Waals surface area (Å²) in [5.74, 6) is 1.10. The summed E-state index contributed by atoms with van der Waals surface area (Å²) in [5, 5.41) is 13.7. The van der Waals surface area contributed by atoms with Gasteiger partial charge in [-0.1, -0.05) is 6.42 Å². The van der Waals surface area contributed by atoms with Gasteiger partial charge >= 0.3 is 0 Å². The maximum atomic E-state index is 9.79. The number of aliphatic hydroxyl groups excluding tert-OH is 1. The first-order chi connectivity index (χ1) is 5.79. The Labute approximate surface area is 71.2 Å². The Kier molecular flexibility index (Phi) is 1.84. The first kappa shape index (κ1) is 7.73. The van der Waals surface area contributed by atoms with E-state index >= 15 is 0 Å². The van der Waals surface area contributed by atoms with Crippen molar-refractivity contribution in [2.75, 3.05) is 0 Å². The normalized spacial score (nSPS) is 20.5. The van der Waals surface area contributed by atoms with E-state index in [1.54, 1.807) is 4.68 Å². The standard InChI is InChI=1S/C8H13N3O/c1-11-8(9-5-10-11)7(12)6-3-2-4-6/h5-7,12H,2-4H2,1H3. The van der Waals surface area contributed by atoms with Gasteiger partial charge in [-0.3, -0.25) is 4.68 Å². The molecule has 1 fully saturated rings. The highest BCUT2D eigenvalue weighted by atomic mass is 16.3. The van der Waals surface area contributed by atoms with E-state index in [2.05, 4.69) is 10.1 Å². The summed E-state index contributed by atoms with van der Waals surface area (Å²) in [6.07, 6.45) is 4.55.